The van der Waals surface area contributed by atoms with Crippen LogP contribution in [0.2, 0.25) is 0 Å². The third kappa shape index (κ3) is 2.96. The Morgan fingerprint density at radius 3 is 2.52 bits per heavy atom. The average Bonchev–Trinajstić information content (AvgIpc) is 2.54. The SMILES string of the molecule is CC(O)c1ccc2cc(Oc3cccc(O)c3C#N)ccc2c1. The van der Waals surface area contributed by atoms with Crippen LogP contribution in [0.3, 0.4) is 0 Å². The molecule has 0 spiro atoms. The Bertz CT molecular complexity index is 910. The molecule has 0 aliphatic carbocycles. The van der Waals surface area contributed by atoms with Crippen LogP contribution < -0.4 is 4.74 Å². The van der Waals surface area contributed by atoms with Gasteiger partial charge in [-0.25, -0.2) is 0 Å². The molecule has 114 valence electrons. The smallest absolute Gasteiger partial charge is 0.148 e. The lowest BCUT2D eigenvalue weighted by molar-refractivity contribution is 0.199. The molecule has 0 fully saturated rings. The molecule has 0 saturated carbocycles. The molecular weight excluding hydrogens is 290 g/mol. The lowest BCUT2D eigenvalue weighted by Gasteiger charge is -2.10. The van der Waals surface area contributed by atoms with Gasteiger partial charge in [0.2, 0.25) is 0 Å². The van der Waals surface area contributed by atoms with Crippen molar-refractivity contribution in [2.24, 2.45) is 0 Å². The number of hydrogen-bond acceptors (Lipinski definition) is 4. The number of rotatable bonds is 3. The van der Waals surface area contributed by atoms with E-state index in [1.807, 2.05) is 36.4 Å². The molecule has 0 radical (unpaired) electrons. The van der Waals surface area contributed by atoms with E-state index in [4.69, 9.17) is 10.00 Å². The van der Waals surface area contributed by atoms with Gasteiger partial charge in [0.1, 0.15) is 28.9 Å². The summed E-state index contributed by atoms with van der Waals surface area (Å²) < 4.78 is 5.74. The van der Waals surface area contributed by atoms with Crippen LogP contribution in [0.15, 0.2) is 54.6 Å². The number of hydrogen-bond donors (Lipinski definition) is 2. The van der Waals surface area contributed by atoms with Gasteiger partial charge in [0.05, 0.1) is 6.10 Å². The first-order chi connectivity index (χ1) is 11.1. The van der Waals surface area contributed by atoms with Gasteiger partial charge in [0.25, 0.3) is 0 Å². The Morgan fingerprint density at radius 1 is 1.04 bits per heavy atom. The van der Waals surface area contributed by atoms with Crippen LogP contribution in [0.5, 0.6) is 17.2 Å². The van der Waals surface area contributed by atoms with Crippen LogP contribution in [0.25, 0.3) is 10.8 Å². The Balaban J connectivity index is 1.97. The van der Waals surface area contributed by atoms with Gasteiger partial charge in [-0.15, -0.1) is 0 Å². The topological polar surface area (TPSA) is 73.5 Å². The number of fused-ring (bicyclic) bond motifs is 1. The van der Waals surface area contributed by atoms with E-state index in [1.165, 1.54) is 6.07 Å². The predicted octanol–water partition coefficient (Wildman–Crippen LogP) is 4.26. The van der Waals surface area contributed by atoms with E-state index in [9.17, 15) is 10.2 Å². The van der Waals surface area contributed by atoms with Gasteiger partial charge in [-0.05, 0) is 53.6 Å². The van der Waals surface area contributed by atoms with E-state index in [0.717, 1.165) is 16.3 Å². The first-order valence-electron chi connectivity index (χ1n) is 7.20. The van der Waals surface area contributed by atoms with Crippen molar-refractivity contribution in [2.45, 2.75) is 13.0 Å². The van der Waals surface area contributed by atoms with E-state index in [2.05, 4.69) is 0 Å². The van der Waals surface area contributed by atoms with Gasteiger partial charge in [-0.2, -0.15) is 5.26 Å². The molecule has 0 heterocycles. The van der Waals surface area contributed by atoms with E-state index in [1.54, 1.807) is 25.1 Å². The number of aliphatic hydroxyl groups is 1. The third-order valence-corrected chi connectivity index (χ3v) is 3.66. The van der Waals surface area contributed by atoms with Crippen LogP contribution in [-0.2, 0) is 0 Å². The average molecular weight is 305 g/mol. The maximum Gasteiger partial charge on any atom is 0.148 e. The number of aliphatic hydroxyl groups excluding tert-OH is 1. The fourth-order valence-corrected chi connectivity index (χ4v) is 2.41. The second-order valence-electron chi connectivity index (χ2n) is 5.31. The van der Waals surface area contributed by atoms with E-state index in [-0.39, 0.29) is 11.3 Å². The maximum atomic E-state index is 9.70. The molecule has 0 aliphatic heterocycles. The quantitative estimate of drug-likeness (QED) is 0.758. The van der Waals surface area contributed by atoms with Crippen molar-refractivity contribution in [2.75, 3.05) is 0 Å². The number of phenols is 1. The van der Waals surface area contributed by atoms with Crippen molar-refractivity contribution in [3.63, 3.8) is 0 Å². The van der Waals surface area contributed by atoms with Gasteiger partial charge in [0.15, 0.2) is 0 Å². The fourth-order valence-electron chi connectivity index (χ4n) is 2.41. The first kappa shape index (κ1) is 14.9. The molecule has 3 aromatic carbocycles. The monoisotopic (exact) mass is 305 g/mol. The maximum absolute atomic E-state index is 9.70. The van der Waals surface area contributed by atoms with Gasteiger partial charge >= 0.3 is 0 Å². The van der Waals surface area contributed by atoms with Crippen molar-refractivity contribution in [3.05, 3.63) is 65.7 Å². The molecule has 1 atom stereocenters. The Morgan fingerprint density at radius 2 is 1.78 bits per heavy atom. The number of benzene rings is 3. The van der Waals surface area contributed by atoms with Crippen LogP contribution in [0, 0.1) is 11.3 Å². The zero-order chi connectivity index (χ0) is 16.4. The van der Waals surface area contributed by atoms with Crippen molar-refractivity contribution in [3.8, 4) is 23.3 Å². The third-order valence-electron chi connectivity index (χ3n) is 3.66. The molecule has 0 saturated heterocycles. The number of nitriles is 1. The lowest BCUT2D eigenvalue weighted by Crippen LogP contribution is -1.91. The van der Waals surface area contributed by atoms with Gasteiger partial charge < -0.3 is 14.9 Å². The summed E-state index contributed by atoms with van der Waals surface area (Å²) in [5.41, 5.74) is 0.961. The molecule has 0 aromatic heterocycles. The molecule has 4 heteroatoms. The molecule has 4 nitrogen and oxygen atoms in total. The van der Waals surface area contributed by atoms with E-state index < -0.39 is 6.10 Å². The summed E-state index contributed by atoms with van der Waals surface area (Å²) in [7, 11) is 0. The molecular formula is C19H15NO3. The summed E-state index contributed by atoms with van der Waals surface area (Å²) in [5, 5.41) is 30.4. The fraction of sp³-hybridized carbons (Fsp3) is 0.105. The van der Waals surface area contributed by atoms with Crippen molar-refractivity contribution in [1.82, 2.24) is 0 Å². The highest BCUT2D eigenvalue weighted by Crippen LogP contribution is 2.32. The second kappa shape index (κ2) is 5.99. The number of ether oxygens (including phenoxy) is 1. The zero-order valence-electron chi connectivity index (χ0n) is 12.5. The highest BCUT2D eigenvalue weighted by atomic mass is 16.5. The number of nitrogens with zero attached hydrogens (tertiary/aromatic N) is 1. The molecule has 0 amide bonds. The molecule has 1 unspecified atom stereocenters. The summed E-state index contributed by atoms with van der Waals surface area (Å²) in [4.78, 5) is 0. The van der Waals surface area contributed by atoms with Crippen LogP contribution in [0.1, 0.15) is 24.2 Å². The summed E-state index contributed by atoms with van der Waals surface area (Å²) >= 11 is 0. The normalized spacial score (nSPS) is 11.9. The molecule has 0 aliphatic rings. The largest absolute Gasteiger partial charge is 0.506 e. The van der Waals surface area contributed by atoms with E-state index >= 15 is 0 Å². The van der Waals surface area contributed by atoms with Gasteiger partial charge in [-0.3, -0.25) is 0 Å². The minimum absolute atomic E-state index is 0.104. The van der Waals surface area contributed by atoms with Crippen molar-refractivity contribution >= 4 is 10.8 Å². The predicted molar refractivity (Wildman–Crippen MR) is 87.5 cm³/mol. The Hall–Kier alpha value is -3.03. The summed E-state index contributed by atoms with van der Waals surface area (Å²) in [6.45, 7) is 1.73. The van der Waals surface area contributed by atoms with Crippen LogP contribution in [-0.4, -0.2) is 10.2 Å². The van der Waals surface area contributed by atoms with Crippen LogP contribution in [0.4, 0.5) is 0 Å². The molecule has 2 N–H and O–H groups in total. The number of phenolic OH excluding ortho intramolecular Hbond substituents is 1. The molecule has 23 heavy (non-hydrogen) atoms. The number of aromatic hydroxyl groups is 1. The molecule has 3 rings (SSSR count). The first-order valence-corrected chi connectivity index (χ1v) is 7.20. The molecule has 0 bridgehead atoms. The van der Waals surface area contributed by atoms with Crippen LogP contribution >= 0.6 is 0 Å². The minimum Gasteiger partial charge on any atom is -0.506 e. The summed E-state index contributed by atoms with van der Waals surface area (Å²) in [6, 6.07) is 17.9. The standard InChI is InChI=1S/C19H15NO3/c1-12(21)13-5-6-15-10-16(8-7-14(15)9-13)23-19-4-2-3-18(22)17(19)11-20/h2-10,12,21-22H,1H3. The lowest BCUT2D eigenvalue weighted by atomic mass is 10.0. The van der Waals surface area contributed by atoms with E-state index in [0.29, 0.717) is 11.5 Å². The van der Waals surface area contributed by atoms with Gasteiger partial charge in [-0.1, -0.05) is 24.3 Å². The van der Waals surface area contributed by atoms with Gasteiger partial charge in [0, 0.05) is 0 Å². The molecule has 3 aromatic rings. The Labute approximate surface area is 133 Å². The van der Waals surface area contributed by atoms with Crippen molar-refractivity contribution < 1.29 is 14.9 Å². The Kier molecular flexibility index (Phi) is 3.88. The minimum atomic E-state index is -0.513. The highest BCUT2D eigenvalue weighted by Gasteiger charge is 2.10. The highest BCUT2D eigenvalue weighted by molar-refractivity contribution is 5.84. The summed E-state index contributed by atoms with van der Waals surface area (Å²) in [6.07, 6.45) is -0.513. The summed E-state index contributed by atoms with van der Waals surface area (Å²) in [5.74, 6) is 0.782. The van der Waals surface area contributed by atoms with Crippen molar-refractivity contribution in [1.29, 1.82) is 5.26 Å². The zero-order valence-corrected chi connectivity index (χ0v) is 12.5. The second-order valence-corrected chi connectivity index (χ2v) is 5.31.